The summed E-state index contributed by atoms with van der Waals surface area (Å²) >= 11 is 0. The molecule has 6 heteroatoms. The fraction of sp³-hybridized carbons (Fsp3) is 0.364. The maximum Gasteiger partial charge on any atom is 0.222 e. The van der Waals surface area contributed by atoms with Crippen LogP contribution in [-0.4, -0.2) is 29.9 Å². The van der Waals surface area contributed by atoms with Crippen LogP contribution in [0.15, 0.2) is 59.6 Å². The predicted molar refractivity (Wildman–Crippen MR) is 125 cm³/mol. The van der Waals surface area contributed by atoms with Crippen LogP contribution in [0.3, 0.4) is 0 Å². The molecule has 3 rings (SSSR count). The molecule has 0 bridgehead atoms. The molecule has 0 saturated carbocycles. The number of halogens is 1. The second-order valence-corrected chi connectivity index (χ2v) is 6.72. The molecule has 28 heavy (non-hydrogen) atoms. The van der Waals surface area contributed by atoms with E-state index in [-0.39, 0.29) is 29.9 Å². The van der Waals surface area contributed by atoms with Gasteiger partial charge in [0.25, 0.3) is 0 Å². The van der Waals surface area contributed by atoms with Gasteiger partial charge in [0.15, 0.2) is 5.96 Å². The van der Waals surface area contributed by atoms with E-state index < -0.39 is 0 Å². The van der Waals surface area contributed by atoms with Gasteiger partial charge in [-0.2, -0.15) is 0 Å². The first-order valence-corrected chi connectivity index (χ1v) is 9.67. The summed E-state index contributed by atoms with van der Waals surface area (Å²) in [6.07, 6.45) is 1.65. The highest BCUT2D eigenvalue weighted by Crippen LogP contribution is 2.17. The van der Waals surface area contributed by atoms with Gasteiger partial charge in [-0.1, -0.05) is 54.6 Å². The number of nitrogens with zero attached hydrogens (tertiary/aromatic N) is 2. The molecule has 0 aromatic heterocycles. The van der Waals surface area contributed by atoms with Crippen molar-refractivity contribution in [1.82, 2.24) is 15.5 Å². The van der Waals surface area contributed by atoms with Crippen LogP contribution < -0.4 is 10.6 Å². The molecular formula is C22H29IN4O. The molecule has 0 spiro atoms. The lowest BCUT2D eigenvalue weighted by atomic mass is 10.1. The summed E-state index contributed by atoms with van der Waals surface area (Å²) in [5.41, 5.74) is 3.57. The number of hydrogen-bond acceptors (Lipinski definition) is 2. The highest BCUT2D eigenvalue weighted by atomic mass is 127. The lowest BCUT2D eigenvalue weighted by molar-refractivity contribution is -0.128. The van der Waals surface area contributed by atoms with Gasteiger partial charge >= 0.3 is 0 Å². The van der Waals surface area contributed by atoms with Crippen molar-refractivity contribution in [3.63, 3.8) is 0 Å². The van der Waals surface area contributed by atoms with E-state index in [2.05, 4.69) is 46.8 Å². The summed E-state index contributed by atoms with van der Waals surface area (Å²) in [7, 11) is 0. The first-order chi connectivity index (χ1) is 13.3. The number of likely N-dealkylation sites (tertiary alicyclic amines) is 1. The monoisotopic (exact) mass is 492 g/mol. The maximum atomic E-state index is 11.9. The molecule has 1 aliphatic rings. The standard InChI is InChI=1S/C22H28N4O.HI/c1-2-23-22(24-15-18-9-4-3-5-10-18)25-16-19-11-6-7-12-20(19)17-26-14-8-13-21(26)27;/h3-7,9-12H,2,8,13-17H2,1H3,(H2,23,24,25);1H. The van der Waals surface area contributed by atoms with Crippen molar-refractivity contribution in [2.45, 2.75) is 39.4 Å². The van der Waals surface area contributed by atoms with Crippen LogP contribution in [0.2, 0.25) is 0 Å². The van der Waals surface area contributed by atoms with Crippen molar-refractivity contribution in [3.05, 3.63) is 71.3 Å². The first-order valence-electron chi connectivity index (χ1n) is 9.67. The van der Waals surface area contributed by atoms with Gasteiger partial charge < -0.3 is 15.5 Å². The summed E-state index contributed by atoms with van der Waals surface area (Å²) in [5.74, 6) is 1.06. The molecule has 0 radical (unpaired) electrons. The molecule has 5 nitrogen and oxygen atoms in total. The van der Waals surface area contributed by atoms with Crippen molar-refractivity contribution in [2.24, 2.45) is 4.99 Å². The molecule has 1 fully saturated rings. The first kappa shape index (κ1) is 22.2. The summed E-state index contributed by atoms with van der Waals surface area (Å²) in [4.78, 5) is 18.6. The Kier molecular flexibility index (Phi) is 9.27. The molecule has 1 aliphatic heterocycles. The minimum absolute atomic E-state index is 0. The van der Waals surface area contributed by atoms with Gasteiger partial charge in [0, 0.05) is 32.6 Å². The van der Waals surface area contributed by atoms with Gasteiger partial charge in [-0.15, -0.1) is 24.0 Å². The Morgan fingerprint density at radius 3 is 2.43 bits per heavy atom. The average molecular weight is 492 g/mol. The number of amides is 1. The molecule has 2 aromatic carbocycles. The molecule has 0 atom stereocenters. The van der Waals surface area contributed by atoms with Crippen LogP contribution in [0.1, 0.15) is 36.5 Å². The molecular weight excluding hydrogens is 463 g/mol. The van der Waals surface area contributed by atoms with Crippen molar-refractivity contribution in [2.75, 3.05) is 13.1 Å². The van der Waals surface area contributed by atoms with Gasteiger partial charge in [-0.25, -0.2) is 4.99 Å². The number of benzene rings is 2. The van der Waals surface area contributed by atoms with Crippen molar-refractivity contribution >= 4 is 35.8 Å². The summed E-state index contributed by atoms with van der Waals surface area (Å²) in [6.45, 7) is 5.74. The topological polar surface area (TPSA) is 56.7 Å². The Bertz CT molecular complexity index is 779. The van der Waals surface area contributed by atoms with Crippen LogP contribution in [0.25, 0.3) is 0 Å². The number of carbonyl (C=O) groups excluding carboxylic acids is 1. The summed E-state index contributed by atoms with van der Waals surface area (Å²) in [6, 6.07) is 18.5. The quantitative estimate of drug-likeness (QED) is 0.352. The fourth-order valence-electron chi connectivity index (χ4n) is 3.24. The smallest absolute Gasteiger partial charge is 0.222 e. The number of nitrogens with one attached hydrogen (secondary N) is 2. The van der Waals surface area contributed by atoms with Crippen LogP contribution in [0.5, 0.6) is 0 Å². The normalized spacial score (nSPS) is 14.0. The third-order valence-electron chi connectivity index (χ3n) is 4.70. The van der Waals surface area contributed by atoms with E-state index in [0.717, 1.165) is 25.5 Å². The fourth-order valence-corrected chi connectivity index (χ4v) is 3.24. The van der Waals surface area contributed by atoms with Crippen LogP contribution in [0, 0.1) is 0 Å². The summed E-state index contributed by atoms with van der Waals surface area (Å²) in [5, 5.41) is 6.72. The second-order valence-electron chi connectivity index (χ2n) is 6.72. The Morgan fingerprint density at radius 1 is 1.04 bits per heavy atom. The minimum atomic E-state index is 0. The molecule has 1 heterocycles. The number of hydrogen-bond donors (Lipinski definition) is 2. The summed E-state index contributed by atoms with van der Waals surface area (Å²) < 4.78 is 0. The highest BCUT2D eigenvalue weighted by molar-refractivity contribution is 14.0. The second kappa shape index (κ2) is 11.7. The van der Waals surface area contributed by atoms with E-state index in [4.69, 9.17) is 0 Å². The Hall–Kier alpha value is -2.09. The highest BCUT2D eigenvalue weighted by Gasteiger charge is 2.20. The molecule has 150 valence electrons. The Labute approximate surface area is 184 Å². The lowest BCUT2D eigenvalue weighted by Crippen LogP contribution is -2.37. The van der Waals surface area contributed by atoms with Gasteiger partial charge in [-0.05, 0) is 30.0 Å². The van der Waals surface area contributed by atoms with Gasteiger partial charge in [-0.3, -0.25) is 4.79 Å². The van der Waals surface area contributed by atoms with E-state index in [1.165, 1.54) is 16.7 Å². The molecule has 0 aliphatic carbocycles. The Balaban J connectivity index is 0.00000280. The van der Waals surface area contributed by atoms with E-state index >= 15 is 0 Å². The van der Waals surface area contributed by atoms with Gasteiger partial charge in [0.1, 0.15) is 0 Å². The van der Waals surface area contributed by atoms with Crippen LogP contribution in [-0.2, 0) is 24.4 Å². The third kappa shape index (κ3) is 6.51. The number of carbonyl (C=O) groups is 1. The third-order valence-corrected chi connectivity index (χ3v) is 4.70. The molecule has 2 N–H and O–H groups in total. The SMILES string of the molecule is CCNC(=NCc1ccccc1)NCc1ccccc1CN1CCCC1=O.I. The van der Waals surface area contributed by atoms with Crippen molar-refractivity contribution in [3.8, 4) is 0 Å². The number of aliphatic imine (C=N–C) groups is 1. The molecule has 2 aromatic rings. The van der Waals surface area contributed by atoms with Crippen LogP contribution >= 0.6 is 24.0 Å². The van der Waals surface area contributed by atoms with Crippen molar-refractivity contribution < 1.29 is 4.79 Å². The zero-order valence-corrected chi connectivity index (χ0v) is 18.7. The largest absolute Gasteiger partial charge is 0.357 e. The van der Waals surface area contributed by atoms with Crippen molar-refractivity contribution in [1.29, 1.82) is 0 Å². The molecule has 0 unspecified atom stereocenters. The van der Waals surface area contributed by atoms with E-state index in [0.29, 0.717) is 26.1 Å². The molecule has 1 saturated heterocycles. The zero-order valence-electron chi connectivity index (χ0n) is 16.4. The number of guanidine groups is 1. The molecule has 1 amide bonds. The van der Waals surface area contributed by atoms with E-state index in [1.807, 2.05) is 35.2 Å². The predicted octanol–water partition coefficient (Wildman–Crippen LogP) is 3.68. The van der Waals surface area contributed by atoms with Gasteiger partial charge in [0.05, 0.1) is 6.54 Å². The minimum Gasteiger partial charge on any atom is -0.357 e. The lowest BCUT2D eigenvalue weighted by Gasteiger charge is -2.19. The van der Waals surface area contributed by atoms with Crippen LogP contribution in [0.4, 0.5) is 0 Å². The number of rotatable bonds is 7. The Morgan fingerprint density at radius 2 is 1.75 bits per heavy atom. The van der Waals surface area contributed by atoms with E-state index in [1.54, 1.807) is 0 Å². The zero-order chi connectivity index (χ0) is 18.9. The average Bonchev–Trinajstić information content (AvgIpc) is 3.10. The van der Waals surface area contributed by atoms with Gasteiger partial charge in [0.2, 0.25) is 5.91 Å². The maximum absolute atomic E-state index is 11.9. The van der Waals surface area contributed by atoms with E-state index in [9.17, 15) is 4.79 Å².